The molecule has 0 aromatic rings. The van der Waals surface area contributed by atoms with Gasteiger partial charge in [-0.1, -0.05) is 26.2 Å². The van der Waals surface area contributed by atoms with E-state index in [4.69, 9.17) is 0 Å². The molecular weight excluding hydrogens is 253 g/mol. The van der Waals surface area contributed by atoms with Crippen LogP contribution in [-0.2, 0) is 0 Å². The van der Waals surface area contributed by atoms with E-state index in [0.29, 0.717) is 6.42 Å². The lowest BCUT2D eigenvalue weighted by atomic mass is 9.71. The predicted molar refractivity (Wildman–Crippen MR) is 47.1 cm³/mol. The molecule has 0 aromatic heterocycles. The number of rotatable bonds is 1. The lowest BCUT2D eigenvalue weighted by Crippen LogP contribution is -2.60. The molecule has 1 fully saturated rings. The first-order valence-electron chi connectivity index (χ1n) is 5.34. The van der Waals surface area contributed by atoms with Crippen molar-refractivity contribution in [3.63, 3.8) is 0 Å². The van der Waals surface area contributed by atoms with Gasteiger partial charge < -0.3 is 0 Å². The van der Waals surface area contributed by atoms with Crippen LogP contribution in [0, 0.1) is 11.8 Å². The van der Waals surface area contributed by atoms with Crippen LogP contribution in [0.2, 0.25) is 0 Å². The van der Waals surface area contributed by atoms with E-state index in [1.54, 1.807) is 0 Å². The molecule has 0 radical (unpaired) electrons. The van der Waals surface area contributed by atoms with Crippen molar-refractivity contribution in [2.24, 2.45) is 11.8 Å². The molecule has 0 nitrogen and oxygen atoms in total. The van der Waals surface area contributed by atoms with Crippen LogP contribution >= 0.6 is 0 Å². The summed E-state index contributed by atoms with van der Waals surface area (Å²) in [5.41, 5.74) is -5.08. The zero-order chi connectivity index (χ0) is 13.5. The van der Waals surface area contributed by atoms with Crippen LogP contribution in [0.1, 0.15) is 32.6 Å². The maximum Gasteiger partial charge on any atom is 0.431 e. The summed E-state index contributed by atoms with van der Waals surface area (Å²) in [7, 11) is 0. The normalized spacial score (nSPS) is 28.2. The Balaban J connectivity index is 3.15. The maximum absolute atomic E-state index is 13.7. The van der Waals surface area contributed by atoms with E-state index in [9.17, 15) is 30.7 Å². The van der Waals surface area contributed by atoms with Crippen LogP contribution < -0.4 is 0 Å². The highest BCUT2D eigenvalue weighted by Crippen LogP contribution is 2.55. The molecule has 0 aromatic carbocycles. The molecule has 0 spiro atoms. The Morgan fingerprint density at radius 3 is 1.53 bits per heavy atom. The predicted octanol–water partition coefficient (Wildman–Crippen LogP) is 4.65. The van der Waals surface area contributed by atoms with E-state index < -0.39 is 29.9 Å². The van der Waals surface area contributed by atoms with Crippen LogP contribution in [0.3, 0.4) is 0 Å². The fourth-order valence-electron chi connectivity index (χ4n) is 2.49. The molecule has 1 aliphatic rings. The van der Waals surface area contributed by atoms with Crippen molar-refractivity contribution in [3.05, 3.63) is 0 Å². The van der Waals surface area contributed by atoms with Gasteiger partial charge in [-0.25, -0.2) is 4.39 Å². The number of hydrogen-bond donors (Lipinski definition) is 0. The molecular formula is C10H13F7. The van der Waals surface area contributed by atoms with Crippen molar-refractivity contribution in [2.75, 3.05) is 0 Å². The third kappa shape index (κ3) is 2.38. The quantitative estimate of drug-likeness (QED) is 0.606. The molecule has 1 saturated carbocycles. The summed E-state index contributed by atoms with van der Waals surface area (Å²) in [6.07, 6.45) is -11.3. The minimum atomic E-state index is -5.92. The molecule has 0 saturated heterocycles. The molecule has 0 N–H and O–H groups in total. The number of alkyl halides is 7. The summed E-state index contributed by atoms with van der Waals surface area (Å²) in [6.45, 7) is 1.25. The van der Waals surface area contributed by atoms with Gasteiger partial charge in [0.05, 0.1) is 0 Å². The van der Waals surface area contributed by atoms with Crippen LogP contribution in [0.4, 0.5) is 30.7 Å². The highest BCUT2D eigenvalue weighted by molar-refractivity contribution is 5.02. The highest BCUT2D eigenvalue weighted by Gasteiger charge is 2.76. The molecule has 17 heavy (non-hydrogen) atoms. The zero-order valence-electron chi connectivity index (χ0n) is 9.13. The van der Waals surface area contributed by atoms with Gasteiger partial charge in [0.1, 0.15) is 0 Å². The molecule has 1 rings (SSSR count). The largest absolute Gasteiger partial charge is 0.431 e. The van der Waals surface area contributed by atoms with Gasteiger partial charge in [-0.05, 0) is 12.3 Å². The fourth-order valence-corrected chi connectivity index (χ4v) is 2.49. The second-order valence-corrected chi connectivity index (χ2v) is 4.58. The molecule has 0 bridgehead atoms. The Hall–Kier alpha value is -0.490. The molecule has 1 aliphatic carbocycles. The fraction of sp³-hybridized carbons (Fsp3) is 1.00. The van der Waals surface area contributed by atoms with Crippen molar-refractivity contribution in [2.45, 2.75) is 50.6 Å². The van der Waals surface area contributed by atoms with Crippen molar-refractivity contribution < 1.29 is 30.7 Å². The van der Waals surface area contributed by atoms with Gasteiger partial charge in [0, 0.05) is 5.92 Å². The van der Waals surface area contributed by atoms with Gasteiger partial charge in [0.2, 0.25) is 0 Å². The average Bonchev–Trinajstić information content (AvgIpc) is 2.13. The SMILES string of the molecule is CC1CCCCC1C(F)(C(F)(F)F)C(F)(F)F. The van der Waals surface area contributed by atoms with Crippen LogP contribution in [0.25, 0.3) is 0 Å². The van der Waals surface area contributed by atoms with E-state index >= 15 is 0 Å². The number of halogens is 7. The van der Waals surface area contributed by atoms with E-state index in [1.807, 2.05) is 0 Å². The highest BCUT2D eigenvalue weighted by atomic mass is 19.4. The Bertz CT molecular complexity index is 251. The van der Waals surface area contributed by atoms with Crippen LogP contribution in [0.5, 0.6) is 0 Å². The summed E-state index contributed by atoms with van der Waals surface area (Å²) >= 11 is 0. The van der Waals surface area contributed by atoms with Gasteiger partial charge in [-0.15, -0.1) is 0 Å². The second kappa shape index (κ2) is 4.31. The molecule has 0 heterocycles. The summed E-state index contributed by atoms with van der Waals surface area (Å²) < 4.78 is 88.5. The van der Waals surface area contributed by atoms with Crippen molar-refractivity contribution >= 4 is 0 Å². The minimum Gasteiger partial charge on any atom is -0.223 e. The van der Waals surface area contributed by atoms with E-state index in [0.717, 1.165) is 0 Å². The standard InChI is InChI=1S/C10H13F7/c1-6-4-2-3-5-7(6)8(11,9(12,13)14)10(15,16)17/h6-7H,2-5H2,1H3. The monoisotopic (exact) mass is 266 g/mol. The summed E-state index contributed by atoms with van der Waals surface area (Å²) in [5.74, 6) is -2.95. The van der Waals surface area contributed by atoms with Crippen LogP contribution in [0.15, 0.2) is 0 Å². The molecule has 2 unspecified atom stereocenters. The van der Waals surface area contributed by atoms with E-state index in [1.165, 1.54) is 6.92 Å². The Morgan fingerprint density at radius 1 is 0.765 bits per heavy atom. The summed E-state index contributed by atoms with van der Waals surface area (Å²) in [4.78, 5) is 0. The minimum absolute atomic E-state index is 0.197. The molecule has 0 aliphatic heterocycles. The van der Waals surface area contributed by atoms with Gasteiger partial charge >= 0.3 is 18.0 Å². The Kier molecular flexibility index (Phi) is 3.70. The topological polar surface area (TPSA) is 0 Å². The lowest BCUT2D eigenvalue weighted by molar-refractivity contribution is -0.363. The van der Waals surface area contributed by atoms with Crippen molar-refractivity contribution in [1.29, 1.82) is 0 Å². The second-order valence-electron chi connectivity index (χ2n) is 4.58. The van der Waals surface area contributed by atoms with Gasteiger partial charge in [-0.3, -0.25) is 0 Å². The summed E-state index contributed by atoms with van der Waals surface area (Å²) in [5, 5.41) is 0. The first kappa shape index (κ1) is 14.6. The molecule has 102 valence electrons. The van der Waals surface area contributed by atoms with Gasteiger partial charge in [-0.2, -0.15) is 26.3 Å². The lowest BCUT2D eigenvalue weighted by Gasteiger charge is -2.41. The third-order valence-electron chi connectivity index (χ3n) is 3.45. The average molecular weight is 266 g/mol. The van der Waals surface area contributed by atoms with Crippen LogP contribution in [-0.4, -0.2) is 18.0 Å². The molecule has 7 heteroatoms. The van der Waals surface area contributed by atoms with E-state index in [2.05, 4.69) is 0 Å². The zero-order valence-corrected chi connectivity index (χ0v) is 9.13. The van der Waals surface area contributed by atoms with Gasteiger partial charge in [0.25, 0.3) is 0 Å². The number of hydrogen-bond acceptors (Lipinski definition) is 0. The smallest absolute Gasteiger partial charge is 0.223 e. The molecule has 0 amide bonds. The van der Waals surface area contributed by atoms with Crippen molar-refractivity contribution in [3.8, 4) is 0 Å². The maximum atomic E-state index is 13.7. The first-order valence-corrected chi connectivity index (χ1v) is 5.34. The summed E-state index contributed by atoms with van der Waals surface area (Å²) in [6, 6.07) is 0. The third-order valence-corrected chi connectivity index (χ3v) is 3.45. The van der Waals surface area contributed by atoms with Gasteiger partial charge in [0.15, 0.2) is 0 Å². The Labute approximate surface area is 94.2 Å². The Morgan fingerprint density at radius 2 is 1.18 bits per heavy atom. The first-order chi connectivity index (χ1) is 7.52. The molecule has 2 atom stereocenters. The van der Waals surface area contributed by atoms with Crippen molar-refractivity contribution in [1.82, 2.24) is 0 Å². The van der Waals surface area contributed by atoms with E-state index in [-0.39, 0.29) is 19.3 Å².